The second-order valence-electron chi connectivity index (χ2n) is 8.67. The number of ether oxygens (including phenoxy) is 1. The van der Waals surface area contributed by atoms with Crippen LogP contribution in [0.2, 0.25) is 5.02 Å². The molecule has 166 valence electrons. The van der Waals surface area contributed by atoms with Crippen molar-refractivity contribution < 1.29 is 9.53 Å². The van der Waals surface area contributed by atoms with Crippen LogP contribution in [0.5, 0.6) is 0 Å². The molecule has 0 saturated carbocycles. The predicted octanol–water partition coefficient (Wildman–Crippen LogP) is 5.53. The van der Waals surface area contributed by atoms with Gasteiger partial charge in [-0.2, -0.15) is 0 Å². The number of carbonyl (C=O) groups is 1. The lowest BCUT2D eigenvalue weighted by Crippen LogP contribution is -2.46. The Labute approximate surface area is 196 Å². The molecule has 1 unspecified atom stereocenters. The number of thiazole rings is 1. The van der Waals surface area contributed by atoms with Crippen LogP contribution in [0.3, 0.4) is 0 Å². The molecule has 1 aliphatic rings. The summed E-state index contributed by atoms with van der Waals surface area (Å²) in [5.41, 5.74) is 2.49. The first-order valence-corrected chi connectivity index (χ1v) is 12.3. The highest BCUT2D eigenvalue weighted by atomic mass is 35.5. The van der Waals surface area contributed by atoms with Crippen molar-refractivity contribution in [3.05, 3.63) is 46.6 Å². The van der Waals surface area contributed by atoms with Crippen LogP contribution in [0, 0.1) is 5.41 Å². The molecule has 31 heavy (non-hydrogen) atoms. The molecule has 3 aromatic rings. The van der Waals surface area contributed by atoms with Crippen molar-refractivity contribution in [2.24, 2.45) is 5.41 Å². The summed E-state index contributed by atoms with van der Waals surface area (Å²) >= 11 is 13.7. The van der Waals surface area contributed by atoms with Crippen molar-refractivity contribution in [2.75, 3.05) is 25.6 Å². The summed E-state index contributed by atoms with van der Waals surface area (Å²) < 4.78 is 7.92. The molecule has 1 aromatic carbocycles. The van der Waals surface area contributed by atoms with E-state index in [0.717, 1.165) is 47.8 Å². The Kier molecular flexibility index (Phi) is 6.92. The lowest BCUT2D eigenvalue weighted by Gasteiger charge is -2.32. The molecule has 8 heteroatoms. The molecular weight excluding hydrogens is 453 g/mol. The fourth-order valence-corrected chi connectivity index (χ4v) is 4.96. The zero-order valence-corrected chi connectivity index (χ0v) is 20.1. The van der Waals surface area contributed by atoms with E-state index in [-0.39, 0.29) is 12.0 Å². The molecule has 0 bridgehead atoms. The van der Waals surface area contributed by atoms with E-state index in [1.54, 1.807) is 11.3 Å². The van der Waals surface area contributed by atoms with Crippen LogP contribution >= 0.6 is 34.5 Å². The highest BCUT2D eigenvalue weighted by Gasteiger charge is 2.33. The summed E-state index contributed by atoms with van der Waals surface area (Å²) in [7, 11) is 0. The van der Waals surface area contributed by atoms with Gasteiger partial charge in [0.05, 0.1) is 17.2 Å². The highest BCUT2D eigenvalue weighted by Crippen LogP contribution is 2.26. The van der Waals surface area contributed by atoms with Gasteiger partial charge in [0.2, 0.25) is 5.91 Å². The molecule has 2 aromatic heterocycles. The van der Waals surface area contributed by atoms with Gasteiger partial charge in [0.1, 0.15) is 0 Å². The number of benzene rings is 1. The molecule has 1 fully saturated rings. The molecule has 1 aliphatic heterocycles. The van der Waals surface area contributed by atoms with Gasteiger partial charge < -0.3 is 9.64 Å². The van der Waals surface area contributed by atoms with Gasteiger partial charge in [-0.3, -0.25) is 9.20 Å². The molecule has 5 nitrogen and oxygen atoms in total. The minimum absolute atomic E-state index is 0.0805. The number of nitrogens with zero attached hydrogens (tertiary/aromatic N) is 3. The first kappa shape index (κ1) is 22.6. The molecule has 3 heterocycles. The lowest BCUT2D eigenvalue weighted by atomic mass is 9.94. The minimum atomic E-state index is -0.596. The van der Waals surface area contributed by atoms with Gasteiger partial charge in [-0.25, -0.2) is 4.98 Å². The van der Waals surface area contributed by atoms with Gasteiger partial charge >= 0.3 is 0 Å². The van der Waals surface area contributed by atoms with Crippen molar-refractivity contribution >= 4 is 45.4 Å². The van der Waals surface area contributed by atoms with Crippen molar-refractivity contribution in [3.63, 3.8) is 0 Å². The monoisotopic (exact) mass is 479 g/mol. The van der Waals surface area contributed by atoms with E-state index >= 15 is 0 Å². The number of halogens is 2. The van der Waals surface area contributed by atoms with Crippen molar-refractivity contribution in [3.8, 4) is 11.3 Å². The van der Waals surface area contributed by atoms with Crippen LogP contribution in [0.4, 0.5) is 0 Å². The average Bonchev–Trinajstić information content (AvgIpc) is 3.49. The number of fused-ring (bicyclic) bond motifs is 1. The van der Waals surface area contributed by atoms with Crippen LogP contribution in [0.25, 0.3) is 16.2 Å². The van der Waals surface area contributed by atoms with Crippen LogP contribution in [-0.4, -0.2) is 51.9 Å². The maximum atomic E-state index is 13.2. The van der Waals surface area contributed by atoms with E-state index in [0.29, 0.717) is 24.0 Å². The van der Waals surface area contributed by atoms with E-state index in [4.69, 9.17) is 32.9 Å². The number of aromatic nitrogens is 2. The molecular formula is C23H27Cl2N3O2S. The summed E-state index contributed by atoms with van der Waals surface area (Å²) in [4.78, 5) is 20.8. The number of hydrogen-bond donors (Lipinski definition) is 0. The number of imidazole rings is 1. The van der Waals surface area contributed by atoms with Crippen molar-refractivity contribution in [2.45, 2.75) is 39.2 Å². The average molecular weight is 480 g/mol. The van der Waals surface area contributed by atoms with Gasteiger partial charge in [0.15, 0.2) is 4.96 Å². The maximum absolute atomic E-state index is 13.2. The second-order valence-corrected chi connectivity index (χ2v) is 10.2. The Hall–Kier alpha value is -1.60. The van der Waals surface area contributed by atoms with Gasteiger partial charge in [-0.05, 0) is 38.8 Å². The standard InChI is InChI=1S/C23H27Cl2N3O2S/c1-23(2,15-24)21(29)27(12-19-4-3-11-30-19)10-9-18-14-31-22-26-20(13-28(18)22)16-5-7-17(25)8-6-16/h5-8,13-14,19H,3-4,9-12,15H2,1-2H3. The van der Waals surface area contributed by atoms with Gasteiger partial charge in [0.25, 0.3) is 0 Å². The van der Waals surface area contributed by atoms with E-state index in [2.05, 4.69) is 16.0 Å². The molecule has 0 N–H and O–H groups in total. The molecule has 1 saturated heterocycles. The normalized spacial score (nSPS) is 16.8. The summed E-state index contributed by atoms with van der Waals surface area (Å²) in [5, 5.41) is 2.83. The number of carbonyl (C=O) groups excluding carboxylic acids is 1. The zero-order valence-electron chi connectivity index (χ0n) is 17.8. The van der Waals surface area contributed by atoms with E-state index < -0.39 is 5.41 Å². The number of amides is 1. The van der Waals surface area contributed by atoms with Crippen LogP contribution in [-0.2, 0) is 16.0 Å². The second kappa shape index (κ2) is 9.49. The third kappa shape index (κ3) is 5.08. The Balaban J connectivity index is 1.51. The first-order valence-electron chi connectivity index (χ1n) is 10.6. The van der Waals surface area contributed by atoms with Gasteiger partial charge in [-0.15, -0.1) is 22.9 Å². The van der Waals surface area contributed by atoms with Crippen molar-refractivity contribution in [1.29, 1.82) is 0 Å². The maximum Gasteiger partial charge on any atom is 0.229 e. The van der Waals surface area contributed by atoms with Gasteiger partial charge in [0, 0.05) is 59.9 Å². The molecule has 0 aliphatic carbocycles. The Morgan fingerprint density at radius 3 is 2.81 bits per heavy atom. The lowest BCUT2D eigenvalue weighted by molar-refractivity contribution is -0.140. The smallest absolute Gasteiger partial charge is 0.229 e. The molecule has 0 radical (unpaired) electrons. The highest BCUT2D eigenvalue weighted by molar-refractivity contribution is 7.15. The zero-order chi connectivity index (χ0) is 22.0. The quantitative estimate of drug-likeness (QED) is 0.398. The Bertz CT molecular complexity index is 1040. The van der Waals surface area contributed by atoms with Crippen molar-refractivity contribution in [1.82, 2.24) is 14.3 Å². The molecule has 1 amide bonds. The largest absolute Gasteiger partial charge is 0.376 e. The first-order chi connectivity index (χ1) is 14.9. The summed E-state index contributed by atoms with van der Waals surface area (Å²) in [6.45, 7) is 5.83. The Morgan fingerprint density at radius 2 is 2.13 bits per heavy atom. The van der Waals surface area contributed by atoms with Crippen LogP contribution in [0.1, 0.15) is 32.4 Å². The molecule has 4 rings (SSSR count). The third-order valence-electron chi connectivity index (χ3n) is 5.71. The predicted molar refractivity (Wildman–Crippen MR) is 127 cm³/mol. The van der Waals surface area contributed by atoms with Crippen LogP contribution in [0.15, 0.2) is 35.8 Å². The number of hydrogen-bond acceptors (Lipinski definition) is 4. The van der Waals surface area contributed by atoms with Gasteiger partial charge in [-0.1, -0.05) is 23.7 Å². The molecule has 0 spiro atoms. The number of rotatable bonds is 8. The molecule has 1 atom stereocenters. The summed E-state index contributed by atoms with van der Waals surface area (Å²) in [5.74, 6) is 0.375. The van der Waals surface area contributed by atoms with E-state index in [9.17, 15) is 4.79 Å². The number of alkyl halides is 1. The summed E-state index contributed by atoms with van der Waals surface area (Å²) in [6, 6.07) is 7.70. The minimum Gasteiger partial charge on any atom is -0.376 e. The van der Waals surface area contributed by atoms with E-state index in [1.807, 2.05) is 43.0 Å². The SMILES string of the molecule is CC(C)(CCl)C(=O)N(CCc1csc2nc(-c3ccc(Cl)cc3)cn12)CC1CCCO1. The van der Waals surface area contributed by atoms with Crippen LogP contribution < -0.4 is 0 Å². The fourth-order valence-electron chi connectivity index (χ4n) is 3.81. The third-order valence-corrected chi connectivity index (χ3v) is 7.52. The topological polar surface area (TPSA) is 46.8 Å². The Morgan fingerprint density at radius 1 is 1.35 bits per heavy atom. The summed E-state index contributed by atoms with van der Waals surface area (Å²) in [6.07, 6.45) is 4.97. The van der Waals surface area contributed by atoms with E-state index in [1.165, 1.54) is 0 Å². The fraction of sp³-hybridized carbons (Fsp3) is 0.478.